The van der Waals surface area contributed by atoms with Crippen LogP contribution in [0.1, 0.15) is 56.6 Å². The Labute approximate surface area is 219 Å². The molecule has 37 heavy (non-hydrogen) atoms. The molecule has 4 rings (SSSR count). The zero-order valence-corrected chi connectivity index (χ0v) is 22.1. The van der Waals surface area contributed by atoms with Crippen molar-refractivity contribution in [2.75, 3.05) is 18.9 Å². The van der Waals surface area contributed by atoms with E-state index in [1.807, 2.05) is 31.2 Å². The van der Waals surface area contributed by atoms with Gasteiger partial charge >= 0.3 is 5.97 Å². The Hall–Kier alpha value is -3.17. The van der Waals surface area contributed by atoms with Crippen LogP contribution in [-0.4, -0.2) is 45.2 Å². The Morgan fingerprint density at radius 2 is 1.73 bits per heavy atom. The molecule has 1 amide bonds. The van der Waals surface area contributed by atoms with Gasteiger partial charge in [-0.1, -0.05) is 56.5 Å². The summed E-state index contributed by atoms with van der Waals surface area (Å²) in [5.74, 6) is -0.0855. The minimum Gasteiger partial charge on any atom is -0.494 e. The number of amides is 1. The van der Waals surface area contributed by atoms with Gasteiger partial charge in [0.15, 0.2) is 0 Å². The number of hydrogen-bond acceptors (Lipinski definition) is 6. The lowest BCUT2D eigenvalue weighted by atomic mass is 10.1. The van der Waals surface area contributed by atoms with Gasteiger partial charge in [0.05, 0.1) is 12.4 Å². The van der Waals surface area contributed by atoms with E-state index in [2.05, 4.69) is 10.0 Å². The number of esters is 1. The Bertz CT molecular complexity index is 1160. The minimum absolute atomic E-state index is 0.0749. The second-order valence-corrected chi connectivity index (χ2v) is 10.9. The Morgan fingerprint density at radius 1 is 0.973 bits per heavy atom. The first-order valence-electron chi connectivity index (χ1n) is 12.8. The second kappa shape index (κ2) is 14.5. The highest BCUT2D eigenvalue weighted by molar-refractivity contribution is 7.89. The SMILES string of the molecule is CCCCS(=O)(=O)N[C@H]1Cc2ccc(cc2)OCCCCCCNC(=O)/C=C\c2ccccc2OC1=O. The van der Waals surface area contributed by atoms with Crippen LogP contribution in [0.5, 0.6) is 11.5 Å². The fourth-order valence-electron chi connectivity index (χ4n) is 3.84. The van der Waals surface area contributed by atoms with Crippen LogP contribution in [0.25, 0.3) is 6.08 Å². The van der Waals surface area contributed by atoms with Crippen LogP contribution in [0, 0.1) is 0 Å². The number of benzene rings is 2. The summed E-state index contributed by atoms with van der Waals surface area (Å²) in [6.45, 7) is 3.06. The van der Waals surface area contributed by atoms with Crippen molar-refractivity contribution >= 4 is 28.0 Å². The van der Waals surface area contributed by atoms with E-state index >= 15 is 0 Å². The summed E-state index contributed by atoms with van der Waals surface area (Å²) >= 11 is 0. The second-order valence-electron chi connectivity index (χ2n) is 9.04. The third kappa shape index (κ3) is 10.0. The molecule has 2 aliphatic rings. The summed E-state index contributed by atoms with van der Waals surface area (Å²) in [7, 11) is -3.70. The van der Waals surface area contributed by atoms with Gasteiger partial charge in [0.25, 0.3) is 0 Å². The summed E-state index contributed by atoms with van der Waals surface area (Å²) in [5, 5.41) is 2.86. The monoisotopic (exact) mass is 528 g/mol. The van der Waals surface area contributed by atoms with Crippen molar-refractivity contribution in [1.29, 1.82) is 0 Å². The Balaban J connectivity index is 1.87. The van der Waals surface area contributed by atoms with Crippen molar-refractivity contribution in [2.45, 2.75) is 57.9 Å². The largest absolute Gasteiger partial charge is 0.494 e. The van der Waals surface area contributed by atoms with Gasteiger partial charge in [0.1, 0.15) is 17.5 Å². The first-order chi connectivity index (χ1) is 17.9. The van der Waals surface area contributed by atoms with Crippen LogP contribution in [0.3, 0.4) is 0 Å². The number of hydrogen-bond donors (Lipinski definition) is 2. The van der Waals surface area contributed by atoms with Gasteiger partial charge < -0.3 is 14.8 Å². The lowest BCUT2D eigenvalue weighted by molar-refractivity contribution is -0.136. The molecule has 0 unspecified atom stereocenters. The van der Waals surface area contributed by atoms with E-state index in [4.69, 9.17) is 9.47 Å². The van der Waals surface area contributed by atoms with Gasteiger partial charge in [0, 0.05) is 18.2 Å². The summed E-state index contributed by atoms with van der Waals surface area (Å²) < 4.78 is 39.3. The number of ether oxygens (including phenoxy) is 2. The van der Waals surface area contributed by atoms with Crippen LogP contribution in [-0.2, 0) is 26.0 Å². The molecule has 2 aliphatic heterocycles. The predicted octanol–water partition coefficient (Wildman–Crippen LogP) is 4.01. The topological polar surface area (TPSA) is 111 Å². The molecule has 2 aromatic carbocycles. The molecule has 2 N–H and O–H groups in total. The molecule has 0 fully saturated rings. The first-order valence-corrected chi connectivity index (χ1v) is 14.5. The molecule has 9 heteroatoms. The van der Waals surface area contributed by atoms with E-state index in [-0.39, 0.29) is 23.8 Å². The zero-order chi connectivity index (χ0) is 26.5. The molecule has 0 aliphatic carbocycles. The molecule has 0 spiro atoms. The highest BCUT2D eigenvalue weighted by atomic mass is 32.2. The summed E-state index contributed by atoms with van der Waals surface area (Å²) in [6, 6.07) is 13.0. The van der Waals surface area contributed by atoms with Gasteiger partial charge in [-0.3, -0.25) is 4.79 Å². The molecule has 2 aromatic rings. The molecule has 0 saturated heterocycles. The number of fused-ring (bicyclic) bond motifs is 14. The average Bonchev–Trinajstić information content (AvgIpc) is 2.88. The van der Waals surface area contributed by atoms with Crippen molar-refractivity contribution in [2.24, 2.45) is 0 Å². The Morgan fingerprint density at radius 3 is 2.51 bits per heavy atom. The van der Waals surface area contributed by atoms with Gasteiger partial charge in [-0.2, -0.15) is 0 Å². The van der Waals surface area contributed by atoms with E-state index in [1.54, 1.807) is 30.3 Å². The molecule has 2 heterocycles. The lowest BCUT2D eigenvalue weighted by Crippen LogP contribution is -2.45. The molecule has 8 nitrogen and oxygen atoms in total. The maximum atomic E-state index is 13.2. The fourth-order valence-corrected chi connectivity index (χ4v) is 5.24. The fraction of sp³-hybridized carbons (Fsp3) is 0.429. The maximum Gasteiger partial charge on any atom is 0.329 e. The van der Waals surface area contributed by atoms with Crippen LogP contribution in [0.15, 0.2) is 54.6 Å². The van der Waals surface area contributed by atoms with E-state index in [0.29, 0.717) is 37.3 Å². The smallest absolute Gasteiger partial charge is 0.329 e. The maximum absolute atomic E-state index is 13.2. The number of nitrogens with one attached hydrogen (secondary N) is 2. The first kappa shape index (κ1) is 28.4. The van der Waals surface area contributed by atoms with Gasteiger partial charge in [-0.25, -0.2) is 17.9 Å². The third-order valence-corrected chi connectivity index (χ3v) is 7.39. The van der Waals surface area contributed by atoms with Crippen LogP contribution >= 0.6 is 0 Å². The van der Waals surface area contributed by atoms with E-state index in [9.17, 15) is 18.0 Å². The standard InChI is InChI=1S/C28H36N2O6S/c1-2-3-20-37(33,34)30-25-21-22-12-15-24(16-13-22)35-19-9-5-4-8-18-29-27(31)17-14-23-10-6-7-11-26(23)36-28(25)32/h6-7,10-17,25,30H,2-5,8-9,18-21H2,1H3,(H,29,31)/b17-14-/t25-/m0/s1. The van der Waals surface area contributed by atoms with E-state index in [1.165, 1.54) is 6.08 Å². The van der Waals surface area contributed by atoms with Crippen molar-refractivity contribution < 1.29 is 27.5 Å². The molecule has 200 valence electrons. The summed E-state index contributed by atoms with van der Waals surface area (Å²) in [6.07, 6.45) is 8.05. The lowest BCUT2D eigenvalue weighted by Gasteiger charge is -2.19. The number of rotatable bonds is 5. The molecule has 1 atom stereocenters. The number of para-hydroxylation sites is 1. The van der Waals surface area contributed by atoms with Crippen LogP contribution < -0.4 is 19.5 Å². The predicted molar refractivity (Wildman–Crippen MR) is 144 cm³/mol. The van der Waals surface area contributed by atoms with Crippen molar-refractivity contribution in [3.63, 3.8) is 0 Å². The van der Waals surface area contributed by atoms with Crippen molar-refractivity contribution in [3.05, 3.63) is 65.7 Å². The summed E-state index contributed by atoms with van der Waals surface area (Å²) in [5.41, 5.74) is 1.30. The van der Waals surface area contributed by atoms with Gasteiger partial charge in [-0.15, -0.1) is 0 Å². The Kier molecular flexibility index (Phi) is 11.2. The molecule has 0 radical (unpaired) electrons. The molecular formula is C28H36N2O6S. The molecule has 0 saturated carbocycles. The van der Waals surface area contributed by atoms with Crippen molar-refractivity contribution in [1.82, 2.24) is 10.0 Å². The van der Waals surface area contributed by atoms with Crippen LogP contribution in [0.4, 0.5) is 0 Å². The number of unbranched alkanes of at least 4 members (excludes halogenated alkanes) is 1. The molecular weight excluding hydrogens is 492 g/mol. The molecule has 2 bridgehead atoms. The number of carbonyl (C=O) groups excluding carboxylic acids is 2. The highest BCUT2D eigenvalue weighted by Gasteiger charge is 2.27. The van der Waals surface area contributed by atoms with E-state index in [0.717, 1.165) is 31.2 Å². The van der Waals surface area contributed by atoms with Gasteiger partial charge in [0.2, 0.25) is 15.9 Å². The number of carbonyl (C=O) groups is 2. The highest BCUT2D eigenvalue weighted by Crippen LogP contribution is 2.21. The quantitative estimate of drug-likeness (QED) is 0.448. The zero-order valence-electron chi connectivity index (χ0n) is 21.3. The minimum atomic E-state index is -3.70. The molecule has 0 aromatic heterocycles. The average molecular weight is 529 g/mol. The summed E-state index contributed by atoms with van der Waals surface area (Å²) in [4.78, 5) is 25.5. The van der Waals surface area contributed by atoms with Crippen molar-refractivity contribution in [3.8, 4) is 11.5 Å². The van der Waals surface area contributed by atoms with E-state index < -0.39 is 22.0 Å². The normalized spacial score (nSPS) is 19.0. The van der Waals surface area contributed by atoms with Crippen LogP contribution in [0.2, 0.25) is 0 Å². The number of sulfonamides is 1. The third-order valence-electron chi connectivity index (χ3n) is 5.92. The van der Waals surface area contributed by atoms with Gasteiger partial charge in [-0.05, 0) is 55.5 Å².